The molecule has 0 spiro atoms. The normalized spacial score (nSPS) is 20.6. The van der Waals surface area contributed by atoms with Crippen LogP contribution >= 0.6 is 0 Å². The zero-order valence-corrected chi connectivity index (χ0v) is 22.3. The number of rotatable bonds is 4. The van der Waals surface area contributed by atoms with Crippen LogP contribution in [-0.4, -0.2) is 5.92 Å². The summed E-state index contributed by atoms with van der Waals surface area (Å²) >= 11 is -2.79. The number of allylic oxidation sites excluding steroid dienone is 12. The van der Waals surface area contributed by atoms with Gasteiger partial charge in [-0.15, -0.1) is 0 Å². The van der Waals surface area contributed by atoms with Crippen molar-refractivity contribution in [3.8, 4) is 0 Å². The van der Waals surface area contributed by atoms with Crippen LogP contribution < -0.4 is 24.8 Å². The Labute approximate surface area is 178 Å². The topological polar surface area (TPSA) is 0 Å². The Hall–Kier alpha value is 0.120. The molecule has 3 aliphatic rings. The fourth-order valence-corrected chi connectivity index (χ4v) is 39.9. The van der Waals surface area contributed by atoms with Gasteiger partial charge in [-0.2, -0.15) is 0 Å². The first-order valence-electron chi connectivity index (χ1n) is 9.38. The van der Waals surface area contributed by atoms with E-state index >= 15 is 0 Å². The van der Waals surface area contributed by atoms with Crippen molar-refractivity contribution in [2.24, 2.45) is 5.41 Å². The van der Waals surface area contributed by atoms with E-state index < -0.39 is 25.4 Å². The minimum absolute atomic E-state index is 0. The van der Waals surface area contributed by atoms with Crippen LogP contribution in [0.15, 0.2) is 63.0 Å². The van der Waals surface area contributed by atoms with Crippen molar-refractivity contribution in [1.29, 1.82) is 0 Å². The van der Waals surface area contributed by atoms with Gasteiger partial charge in [0.05, 0.1) is 0 Å². The molecule has 0 saturated heterocycles. The molecule has 3 aliphatic carbocycles. The molecule has 0 aromatic carbocycles. The Bertz CT molecular complexity index is 731. The smallest absolute Gasteiger partial charge is 1.00 e. The van der Waals surface area contributed by atoms with Crippen molar-refractivity contribution >= 4 is 5.92 Å². The first-order valence-corrected chi connectivity index (χ1v) is 20.2. The summed E-state index contributed by atoms with van der Waals surface area (Å²) in [5.41, 5.74) is 5.08. The zero-order chi connectivity index (χ0) is 17.7. The molecule has 0 aliphatic heterocycles. The van der Waals surface area contributed by atoms with E-state index in [2.05, 4.69) is 84.2 Å². The standard InChI is InChI=1S/C10H15.2C5H5.C2H7Si.2ClH.Zr/c1-7-6-10(4,5)9(3)8(7)2;2*1-2-4-5-3-1;1-3-2;;;/h1-5H3;2*1-3H,4H2;3H,1-2H3;2*1H;/q;;;;;;+2/p-2. The van der Waals surface area contributed by atoms with E-state index in [1.54, 1.807) is 16.7 Å². The SMILES string of the molecule is CC1=C(C)C(C)(C)[C]([Zr+2]([C]2=CC=CC2)([C]2=CC=CC2)[SiH](C)C)=C1C.[Cl-].[Cl-]. The second kappa shape index (κ2) is 8.64. The fourth-order valence-electron chi connectivity index (χ4n) is 5.42. The monoisotopic (exact) mass is 484 g/mol. The van der Waals surface area contributed by atoms with Crippen LogP contribution in [0.2, 0.25) is 13.1 Å². The molecule has 3 rings (SSSR count). The first kappa shape index (κ1) is 24.2. The Balaban J connectivity index is 0.00000169. The van der Waals surface area contributed by atoms with Crippen LogP contribution in [0, 0.1) is 5.41 Å². The van der Waals surface area contributed by atoms with Gasteiger partial charge in [-0.25, -0.2) is 0 Å². The second-order valence-electron chi connectivity index (χ2n) is 8.49. The predicted octanol–water partition coefficient (Wildman–Crippen LogP) is 0.470. The van der Waals surface area contributed by atoms with Gasteiger partial charge >= 0.3 is 154 Å². The fraction of sp³-hybridized carbons (Fsp3) is 0.455. The molecule has 4 heteroatoms. The number of halogens is 2. The van der Waals surface area contributed by atoms with Crippen LogP contribution in [0.4, 0.5) is 0 Å². The van der Waals surface area contributed by atoms with Gasteiger partial charge in [0.1, 0.15) is 0 Å². The maximum Gasteiger partial charge on any atom is -1.00 e. The van der Waals surface area contributed by atoms with Crippen LogP contribution in [0.5, 0.6) is 0 Å². The van der Waals surface area contributed by atoms with E-state index in [1.165, 1.54) is 12.8 Å². The molecule has 142 valence electrons. The Morgan fingerprint density at radius 2 is 1.31 bits per heavy atom. The molecule has 0 unspecified atom stereocenters. The van der Waals surface area contributed by atoms with Crippen LogP contribution in [0.1, 0.15) is 47.5 Å². The van der Waals surface area contributed by atoms with E-state index in [0.29, 0.717) is 0 Å². The molecular formula is C22H32Cl2SiZr. The van der Waals surface area contributed by atoms with Gasteiger partial charge < -0.3 is 24.8 Å². The van der Waals surface area contributed by atoms with Crippen molar-refractivity contribution in [3.05, 3.63) is 63.0 Å². The van der Waals surface area contributed by atoms with Crippen molar-refractivity contribution in [3.63, 3.8) is 0 Å². The van der Waals surface area contributed by atoms with E-state index in [1.807, 2.05) is 9.84 Å². The van der Waals surface area contributed by atoms with Crippen LogP contribution in [0.25, 0.3) is 0 Å². The summed E-state index contributed by atoms with van der Waals surface area (Å²) in [6, 6.07) is 0. The molecule has 0 radical (unpaired) electrons. The molecule has 0 nitrogen and oxygen atoms in total. The van der Waals surface area contributed by atoms with Gasteiger partial charge in [0.25, 0.3) is 0 Å². The molecular weight excluding hydrogens is 454 g/mol. The largest absolute Gasteiger partial charge is 1.00 e. The first-order chi connectivity index (χ1) is 11.3. The molecule has 0 bridgehead atoms. The minimum Gasteiger partial charge on any atom is -1.00 e. The number of hydrogen-bond donors (Lipinski definition) is 0. The third kappa shape index (κ3) is 3.34. The summed E-state index contributed by atoms with van der Waals surface area (Å²) < 4.78 is 5.62. The van der Waals surface area contributed by atoms with E-state index in [9.17, 15) is 0 Å². The van der Waals surface area contributed by atoms with Gasteiger partial charge in [0.15, 0.2) is 0 Å². The summed E-state index contributed by atoms with van der Waals surface area (Å²) in [5, 5.41) is 0. The summed E-state index contributed by atoms with van der Waals surface area (Å²) in [5.74, 6) is -0.847. The van der Waals surface area contributed by atoms with E-state index in [-0.39, 0.29) is 30.2 Å². The Morgan fingerprint density at radius 1 is 0.846 bits per heavy atom. The molecule has 0 aromatic heterocycles. The third-order valence-corrected chi connectivity index (χ3v) is 38.7. The predicted molar refractivity (Wildman–Crippen MR) is 107 cm³/mol. The van der Waals surface area contributed by atoms with Crippen molar-refractivity contribution in [2.45, 2.75) is 60.6 Å². The van der Waals surface area contributed by atoms with Gasteiger partial charge in [0.2, 0.25) is 0 Å². The van der Waals surface area contributed by atoms with E-state index in [4.69, 9.17) is 0 Å². The summed E-state index contributed by atoms with van der Waals surface area (Å²) in [4.78, 5) is 0. The van der Waals surface area contributed by atoms with E-state index in [0.717, 1.165) is 0 Å². The molecule has 0 saturated carbocycles. The molecule has 0 aromatic rings. The molecule has 0 amide bonds. The average Bonchev–Trinajstić information content (AvgIpc) is 3.24. The molecule has 26 heavy (non-hydrogen) atoms. The molecule has 0 atom stereocenters. The van der Waals surface area contributed by atoms with Crippen molar-refractivity contribution in [1.82, 2.24) is 0 Å². The number of hydrogen-bond acceptors (Lipinski definition) is 0. The van der Waals surface area contributed by atoms with Crippen molar-refractivity contribution < 1.29 is 44.2 Å². The maximum atomic E-state index is 2.65. The van der Waals surface area contributed by atoms with Crippen molar-refractivity contribution in [2.75, 3.05) is 0 Å². The van der Waals surface area contributed by atoms with Gasteiger partial charge in [-0.05, 0) is 0 Å². The Morgan fingerprint density at radius 3 is 1.58 bits per heavy atom. The molecule has 0 N–H and O–H groups in total. The third-order valence-electron chi connectivity index (χ3n) is 6.88. The molecule has 0 fully saturated rings. The van der Waals surface area contributed by atoms with Crippen LogP contribution in [0.3, 0.4) is 0 Å². The van der Waals surface area contributed by atoms with Gasteiger partial charge in [-0.3, -0.25) is 0 Å². The minimum atomic E-state index is -2.79. The summed E-state index contributed by atoms with van der Waals surface area (Å²) in [6.45, 7) is 17.5. The maximum absolute atomic E-state index is 2.79. The molecule has 0 heterocycles. The van der Waals surface area contributed by atoms with Gasteiger partial charge in [0, 0.05) is 0 Å². The second-order valence-corrected chi connectivity index (χ2v) is 32.8. The average molecular weight is 487 g/mol. The summed E-state index contributed by atoms with van der Waals surface area (Å²) in [7, 11) is 0. The summed E-state index contributed by atoms with van der Waals surface area (Å²) in [6.07, 6.45) is 16.9. The van der Waals surface area contributed by atoms with Gasteiger partial charge in [-0.1, -0.05) is 0 Å². The quantitative estimate of drug-likeness (QED) is 0.507. The zero-order valence-electron chi connectivity index (χ0n) is 17.2. The van der Waals surface area contributed by atoms with Crippen LogP contribution in [-0.2, 0) is 19.4 Å². The Kier molecular flexibility index (Phi) is 8.03.